The predicted octanol–water partition coefficient (Wildman–Crippen LogP) is 2.23. The van der Waals surface area contributed by atoms with E-state index in [4.69, 9.17) is 9.47 Å². The van der Waals surface area contributed by atoms with Gasteiger partial charge in [0.15, 0.2) is 5.78 Å². The van der Waals surface area contributed by atoms with Crippen LogP contribution in [0.2, 0.25) is 0 Å². The third-order valence-electron chi connectivity index (χ3n) is 2.43. The van der Waals surface area contributed by atoms with E-state index in [1.165, 1.54) is 5.57 Å². The number of allylic oxidation sites excluding steroid dienone is 3. The fourth-order valence-corrected chi connectivity index (χ4v) is 1.53. The van der Waals surface area contributed by atoms with Crippen molar-refractivity contribution in [3.05, 3.63) is 23.8 Å². The Balaban J connectivity index is 2.59. The van der Waals surface area contributed by atoms with Crippen LogP contribution in [0.15, 0.2) is 23.8 Å². The van der Waals surface area contributed by atoms with Crippen LogP contribution in [-0.4, -0.2) is 25.8 Å². The average molecular weight is 210 g/mol. The molecule has 0 saturated heterocycles. The number of carbonyl (C=O) groups is 1. The zero-order chi connectivity index (χ0) is 11.1. The van der Waals surface area contributed by atoms with Crippen LogP contribution < -0.4 is 0 Å². The first-order chi connectivity index (χ1) is 7.24. The van der Waals surface area contributed by atoms with Crippen molar-refractivity contribution in [1.82, 2.24) is 0 Å². The Hall–Kier alpha value is -0.930. The summed E-state index contributed by atoms with van der Waals surface area (Å²) >= 11 is 0. The smallest absolute Gasteiger partial charge is 0.155 e. The molecule has 84 valence electrons. The highest BCUT2D eigenvalue weighted by atomic mass is 16.7. The van der Waals surface area contributed by atoms with Crippen LogP contribution in [0.5, 0.6) is 0 Å². The second kappa shape index (κ2) is 6.53. The fourth-order valence-electron chi connectivity index (χ4n) is 1.53. The number of methoxy groups -OCH3 is 1. The molecule has 0 aromatic rings. The Morgan fingerprint density at radius 1 is 1.53 bits per heavy atom. The molecule has 0 amide bonds. The molecule has 15 heavy (non-hydrogen) atoms. The normalized spacial score (nSPS) is 28.5. The topological polar surface area (TPSA) is 35.5 Å². The maximum atomic E-state index is 11.3. The minimum absolute atomic E-state index is 0.00815. The summed E-state index contributed by atoms with van der Waals surface area (Å²) in [5.74, 6) is 0.170. The molecule has 0 spiro atoms. The number of hydrogen-bond acceptors (Lipinski definition) is 3. The van der Waals surface area contributed by atoms with Crippen molar-refractivity contribution in [3.8, 4) is 0 Å². The van der Waals surface area contributed by atoms with Gasteiger partial charge in [-0.3, -0.25) is 4.79 Å². The van der Waals surface area contributed by atoms with E-state index in [0.29, 0.717) is 6.42 Å². The van der Waals surface area contributed by atoms with E-state index in [2.05, 4.69) is 6.08 Å². The SMILES string of the molecule is COCOC1CCC(=O)/C=C\C/C=C\1C. The van der Waals surface area contributed by atoms with E-state index in [9.17, 15) is 4.79 Å². The maximum absolute atomic E-state index is 11.3. The van der Waals surface area contributed by atoms with Gasteiger partial charge in [-0.2, -0.15) is 0 Å². The lowest BCUT2D eigenvalue weighted by Crippen LogP contribution is -2.17. The average Bonchev–Trinajstić information content (AvgIpc) is 2.30. The van der Waals surface area contributed by atoms with Gasteiger partial charge < -0.3 is 9.47 Å². The molecule has 0 aromatic heterocycles. The Labute approximate surface area is 90.8 Å². The summed E-state index contributed by atoms with van der Waals surface area (Å²) < 4.78 is 10.4. The molecule has 0 fully saturated rings. The number of hydrogen-bond donors (Lipinski definition) is 0. The highest BCUT2D eigenvalue weighted by Crippen LogP contribution is 2.15. The maximum Gasteiger partial charge on any atom is 0.155 e. The van der Waals surface area contributed by atoms with E-state index in [1.807, 2.05) is 13.0 Å². The third-order valence-corrected chi connectivity index (χ3v) is 2.43. The van der Waals surface area contributed by atoms with Gasteiger partial charge in [0.25, 0.3) is 0 Å². The Bertz CT molecular complexity index is 266. The van der Waals surface area contributed by atoms with Gasteiger partial charge in [-0.25, -0.2) is 0 Å². The monoisotopic (exact) mass is 210 g/mol. The fraction of sp³-hybridized carbons (Fsp3) is 0.583. The summed E-state index contributed by atoms with van der Waals surface area (Å²) in [4.78, 5) is 11.3. The lowest BCUT2D eigenvalue weighted by Gasteiger charge is -2.17. The first-order valence-corrected chi connectivity index (χ1v) is 5.20. The Morgan fingerprint density at radius 3 is 3.07 bits per heavy atom. The van der Waals surface area contributed by atoms with Gasteiger partial charge in [-0.05, 0) is 31.4 Å². The van der Waals surface area contributed by atoms with E-state index in [1.54, 1.807) is 13.2 Å². The molecule has 1 atom stereocenters. The first-order valence-electron chi connectivity index (χ1n) is 5.20. The van der Waals surface area contributed by atoms with Gasteiger partial charge in [-0.15, -0.1) is 0 Å². The van der Waals surface area contributed by atoms with Gasteiger partial charge in [0.05, 0.1) is 6.10 Å². The predicted molar refractivity (Wildman–Crippen MR) is 58.5 cm³/mol. The van der Waals surface area contributed by atoms with Gasteiger partial charge >= 0.3 is 0 Å². The van der Waals surface area contributed by atoms with Gasteiger partial charge in [0.1, 0.15) is 6.79 Å². The molecule has 0 aromatic carbocycles. The molecular weight excluding hydrogens is 192 g/mol. The highest BCUT2D eigenvalue weighted by Gasteiger charge is 2.13. The third kappa shape index (κ3) is 4.40. The van der Waals surface area contributed by atoms with Crippen LogP contribution in [0.4, 0.5) is 0 Å². The minimum atomic E-state index is 0.00815. The number of carbonyl (C=O) groups excluding carboxylic acids is 1. The Morgan fingerprint density at radius 2 is 2.33 bits per heavy atom. The highest BCUT2D eigenvalue weighted by molar-refractivity contribution is 5.89. The standard InChI is InChI=1S/C12H18O3/c1-10-5-3-4-6-11(13)7-8-12(10)15-9-14-2/h4-6,12H,3,7-9H2,1-2H3/b6-4-,10-5-. The zero-order valence-electron chi connectivity index (χ0n) is 9.36. The molecule has 0 N–H and O–H groups in total. The van der Waals surface area contributed by atoms with Crippen LogP contribution in [0.25, 0.3) is 0 Å². The molecule has 1 aliphatic rings. The summed E-state index contributed by atoms with van der Waals surface area (Å²) in [5, 5.41) is 0. The van der Waals surface area contributed by atoms with E-state index < -0.39 is 0 Å². The minimum Gasteiger partial charge on any atom is -0.359 e. The molecule has 3 nitrogen and oxygen atoms in total. The summed E-state index contributed by atoms with van der Waals surface area (Å²) in [6, 6.07) is 0. The summed E-state index contributed by atoms with van der Waals surface area (Å²) in [6.07, 6.45) is 7.71. The summed E-state index contributed by atoms with van der Waals surface area (Å²) in [5.41, 5.74) is 1.17. The molecule has 0 saturated carbocycles. The van der Waals surface area contributed by atoms with E-state index >= 15 is 0 Å². The van der Waals surface area contributed by atoms with E-state index in [-0.39, 0.29) is 18.7 Å². The molecule has 0 bridgehead atoms. The van der Waals surface area contributed by atoms with Crippen molar-refractivity contribution in [2.75, 3.05) is 13.9 Å². The number of ketones is 1. The van der Waals surface area contributed by atoms with Gasteiger partial charge in [0, 0.05) is 13.5 Å². The van der Waals surface area contributed by atoms with Crippen molar-refractivity contribution < 1.29 is 14.3 Å². The van der Waals surface area contributed by atoms with Crippen LogP contribution in [0, 0.1) is 0 Å². The molecule has 3 heteroatoms. The van der Waals surface area contributed by atoms with Gasteiger partial charge in [0.2, 0.25) is 0 Å². The Kier molecular flexibility index (Phi) is 5.29. The molecule has 0 aliphatic heterocycles. The van der Waals surface area contributed by atoms with Crippen molar-refractivity contribution in [2.45, 2.75) is 32.3 Å². The molecule has 0 heterocycles. The molecular formula is C12H18O3. The number of rotatable bonds is 3. The van der Waals surface area contributed by atoms with E-state index in [0.717, 1.165) is 12.8 Å². The number of ether oxygens (including phenoxy) is 2. The van der Waals surface area contributed by atoms with Crippen molar-refractivity contribution >= 4 is 5.78 Å². The van der Waals surface area contributed by atoms with Crippen LogP contribution in [0.1, 0.15) is 26.2 Å². The second-order valence-electron chi connectivity index (χ2n) is 3.65. The quantitative estimate of drug-likeness (QED) is 0.529. The van der Waals surface area contributed by atoms with Crippen LogP contribution >= 0.6 is 0 Å². The molecule has 0 radical (unpaired) electrons. The second-order valence-corrected chi connectivity index (χ2v) is 3.65. The lowest BCUT2D eigenvalue weighted by atomic mass is 10.1. The van der Waals surface area contributed by atoms with Crippen molar-refractivity contribution in [2.24, 2.45) is 0 Å². The summed E-state index contributed by atoms with van der Waals surface area (Å²) in [7, 11) is 1.60. The molecule has 1 aliphatic carbocycles. The van der Waals surface area contributed by atoms with Crippen molar-refractivity contribution in [3.63, 3.8) is 0 Å². The van der Waals surface area contributed by atoms with Crippen molar-refractivity contribution in [1.29, 1.82) is 0 Å². The van der Waals surface area contributed by atoms with Gasteiger partial charge in [-0.1, -0.05) is 12.2 Å². The molecule has 1 rings (SSSR count). The zero-order valence-corrected chi connectivity index (χ0v) is 9.36. The first kappa shape index (κ1) is 12.1. The largest absolute Gasteiger partial charge is 0.359 e. The summed E-state index contributed by atoms with van der Waals surface area (Å²) in [6.45, 7) is 2.31. The van der Waals surface area contributed by atoms with Crippen LogP contribution in [0.3, 0.4) is 0 Å². The lowest BCUT2D eigenvalue weighted by molar-refractivity contribution is -0.116. The van der Waals surface area contributed by atoms with Crippen LogP contribution in [-0.2, 0) is 14.3 Å². The molecule has 1 unspecified atom stereocenters.